The molecule has 0 unspecified atom stereocenters. The molecule has 7 heteroatoms. The molecule has 170 valence electrons. The van der Waals surface area contributed by atoms with Crippen LogP contribution in [0.3, 0.4) is 0 Å². The number of ether oxygens (including phenoxy) is 1. The van der Waals surface area contributed by atoms with Gasteiger partial charge in [0.15, 0.2) is 0 Å². The quantitative estimate of drug-likeness (QED) is 0.312. The van der Waals surface area contributed by atoms with E-state index < -0.39 is 0 Å². The van der Waals surface area contributed by atoms with Crippen LogP contribution in [0.2, 0.25) is 10.0 Å². The van der Waals surface area contributed by atoms with E-state index >= 15 is 0 Å². The van der Waals surface area contributed by atoms with Crippen LogP contribution in [0.5, 0.6) is 5.75 Å². The van der Waals surface area contributed by atoms with Crippen LogP contribution in [0.4, 0.5) is 0 Å². The molecule has 0 atom stereocenters. The molecule has 0 saturated carbocycles. The van der Waals surface area contributed by atoms with Crippen molar-refractivity contribution < 1.29 is 9.53 Å². The van der Waals surface area contributed by atoms with Gasteiger partial charge in [0.05, 0.1) is 34.6 Å². The third-order valence-electron chi connectivity index (χ3n) is 5.48. The Balaban J connectivity index is 1.38. The second kappa shape index (κ2) is 10.7. The van der Waals surface area contributed by atoms with E-state index in [0.717, 1.165) is 46.6 Å². The van der Waals surface area contributed by atoms with E-state index in [1.54, 1.807) is 7.11 Å². The molecule has 5 nitrogen and oxygen atoms in total. The minimum absolute atomic E-state index is 0.00414. The highest BCUT2D eigenvalue weighted by Gasteiger charge is 2.12. The molecule has 1 aromatic heterocycles. The zero-order valence-corrected chi connectivity index (χ0v) is 19.9. The number of carbonyl (C=O) groups is 1. The molecule has 4 aromatic rings. The molecular formula is C26H25Cl2N3O2. The largest absolute Gasteiger partial charge is 0.497 e. The molecular weight excluding hydrogens is 457 g/mol. The molecule has 0 aliphatic carbocycles. The summed E-state index contributed by atoms with van der Waals surface area (Å²) >= 11 is 12.3. The predicted octanol–water partition coefficient (Wildman–Crippen LogP) is 5.69. The molecule has 4 rings (SSSR count). The molecule has 0 fully saturated rings. The molecule has 0 aliphatic heterocycles. The van der Waals surface area contributed by atoms with Crippen LogP contribution in [-0.4, -0.2) is 29.1 Å². The second-order valence-corrected chi connectivity index (χ2v) is 8.64. The number of hydrogen-bond donors (Lipinski definition) is 1. The molecule has 1 amide bonds. The number of carbonyl (C=O) groups excluding carboxylic acids is 1. The first kappa shape index (κ1) is 23.1. The zero-order valence-electron chi connectivity index (χ0n) is 18.4. The molecule has 0 spiro atoms. The number of rotatable bonds is 9. The summed E-state index contributed by atoms with van der Waals surface area (Å²) in [5, 5.41) is 4.09. The molecule has 33 heavy (non-hydrogen) atoms. The summed E-state index contributed by atoms with van der Waals surface area (Å²) in [4.78, 5) is 17.1. The minimum atomic E-state index is 0.00414. The Morgan fingerprint density at radius 1 is 1.00 bits per heavy atom. The highest BCUT2D eigenvalue weighted by Crippen LogP contribution is 2.25. The van der Waals surface area contributed by atoms with Crippen LogP contribution in [0.15, 0.2) is 66.7 Å². The third-order valence-corrected chi connectivity index (χ3v) is 6.22. The van der Waals surface area contributed by atoms with Crippen molar-refractivity contribution in [3.63, 3.8) is 0 Å². The van der Waals surface area contributed by atoms with Gasteiger partial charge in [-0.25, -0.2) is 4.98 Å². The Morgan fingerprint density at radius 3 is 2.52 bits per heavy atom. The summed E-state index contributed by atoms with van der Waals surface area (Å²) in [5.41, 5.74) is 4.04. The topological polar surface area (TPSA) is 56.1 Å². The van der Waals surface area contributed by atoms with E-state index in [1.807, 2.05) is 60.7 Å². The Morgan fingerprint density at radius 2 is 1.76 bits per heavy atom. The van der Waals surface area contributed by atoms with Crippen LogP contribution in [-0.2, 0) is 24.2 Å². The minimum Gasteiger partial charge on any atom is -0.497 e. The number of para-hydroxylation sites is 2. The number of nitrogens with zero attached hydrogens (tertiary/aromatic N) is 2. The summed E-state index contributed by atoms with van der Waals surface area (Å²) in [5.74, 6) is 1.76. The van der Waals surface area contributed by atoms with Crippen molar-refractivity contribution in [3.8, 4) is 5.75 Å². The predicted molar refractivity (Wildman–Crippen MR) is 133 cm³/mol. The lowest BCUT2D eigenvalue weighted by molar-refractivity contribution is -0.120. The highest BCUT2D eigenvalue weighted by atomic mass is 35.5. The van der Waals surface area contributed by atoms with E-state index in [-0.39, 0.29) is 5.91 Å². The first-order valence-corrected chi connectivity index (χ1v) is 11.6. The molecule has 3 aromatic carbocycles. The number of halogens is 2. The summed E-state index contributed by atoms with van der Waals surface area (Å²) in [6.45, 7) is 1.24. The normalized spacial score (nSPS) is 11.0. The van der Waals surface area contributed by atoms with E-state index in [9.17, 15) is 4.79 Å². The number of methoxy groups -OCH3 is 1. The molecule has 1 heterocycles. The number of fused-ring (bicyclic) bond motifs is 1. The number of benzene rings is 3. The fraction of sp³-hybridized carbons (Fsp3) is 0.231. The van der Waals surface area contributed by atoms with Gasteiger partial charge in [0.25, 0.3) is 0 Å². The van der Waals surface area contributed by atoms with Gasteiger partial charge in [0, 0.05) is 19.5 Å². The maximum atomic E-state index is 12.3. The summed E-state index contributed by atoms with van der Waals surface area (Å²) < 4.78 is 7.36. The van der Waals surface area contributed by atoms with Gasteiger partial charge in [-0.3, -0.25) is 4.79 Å². The fourth-order valence-corrected chi connectivity index (χ4v) is 4.10. The Labute approximate surface area is 203 Å². The van der Waals surface area contributed by atoms with Gasteiger partial charge >= 0.3 is 0 Å². The smallest absolute Gasteiger partial charge is 0.224 e. The van der Waals surface area contributed by atoms with E-state index in [0.29, 0.717) is 29.6 Å². The SMILES string of the molecule is COc1ccc(CC(=O)NCCCc2nc3ccccc3n2Cc2ccc(Cl)c(Cl)c2)cc1. The van der Waals surface area contributed by atoms with E-state index in [4.69, 9.17) is 32.9 Å². The average molecular weight is 482 g/mol. The number of aryl methyl sites for hydroxylation is 1. The molecule has 0 radical (unpaired) electrons. The van der Waals surface area contributed by atoms with Crippen molar-refractivity contribution in [1.82, 2.24) is 14.9 Å². The Bertz CT molecular complexity index is 1250. The molecule has 0 aliphatic rings. The molecule has 0 bridgehead atoms. The summed E-state index contributed by atoms with van der Waals surface area (Å²) in [6, 6.07) is 21.3. The van der Waals surface area contributed by atoms with Crippen molar-refractivity contribution in [3.05, 3.63) is 93.7 Å². The van der Waals surface area contributed by atoms with Crippen molar-refractivity contribution in [2.75, 3.05) is 13.7 Å². The first-order chi connectivity index (χ1) is 16.0. The van der Waals surface area contributed by atoms with Crippen LogP contribution in [0.1, 0.15) is 23.4 Å². The number of amides is 1. The maximum Gasteiger partial charge on any atom is 0.224 e. The van der Waals surface area contributed by atoms with Gasteiger partial charge in [0.2, 0.25) is 5.91 Å². The second-order valence-electron chi connectivity index (χ2n) is 7.83. The van der Waals surface area contributed by atoms with Crippen molar-refractivity contribution in [2.45, 2.75) is 25.8 Å². The number of imidazole rings is 1. The fourth-order valence-electron chi connectivity index (χ4n) is 3.78. The van der Waals surface area contributed by atoms with Crippen LogP contribution in [0.25, 0.3) is 11.0 Å². The van der Waals surface area contributed by atoms with Gasteiger partial charge in [-0.2, -0.15) is 0 Å². The van der Waals surface area contributed by atoms with Crippen LogP contribution >= 0.6 is 23.2 Å². The Hall–Kier alpha value is -3.02. The lowest BCUT2D eigenvalue weighted by Gasteiger charge is -2.11. The monoisotopic (exact) mass is 481 g/mol. The molecule has 0 saturated heterocycles. The summed E-state index contributed by atoms with van der Waals surface area (Å²) in [7, 11) is 1.63. The Kier molecular flexibility index (Phi) is 7.53. The van der Waals surface area contributed by atoms with Gasteiger partial charge < -0.3 is 14.6 Å². The van der Waals surface area contributed by atoms with Crippen LogP contribution in [0, 0.1) is 0 Å². The maximum absolute atomic E-state index is 12.3. The van der Waals surface area contributed by atoms with Gasteiger partial charge in [0.1, 0.15) is 11.6 Å². The number of hydrogen-bond acceptors (Lipinski definition) is 3. The van der Waals surface area contributed by atoms with Crippen molar-refractivity contribution in [1.29, 1.82) is 0 Å². The standard InChI is InChI=1S/C26H25Cl2N3O2/c1-33-20-11-8-18(9-12-20)16-26(32)29-14-4-7-25-30-23-5-2-3-6-24(23)31(25)17-19-10-13-21(27)22(28)15-19/h2-3,5-6,8-13,15H,4,7,14,16-17H2,1H3,(H,29,32). The average Bonchev–Trinajstić information content (AvgIpc) is 3.17. The van der Waals surface area contributed by atoms with Gasteiger partial charge in [-0.05, 0) is 53.9 Å². The third kappa shape index (κ3) is 5.86. The molecule has 1 N–H and O–H groups in total. The zero-order chi connectivity index (χ0) is 23.2. The summed E-state index contributed by atoms with van der Waals surface area (Å²) in [6.07, 6.45) is 1.89. The van der Waals surface area contributed by atoms with Gasteiger partial charge in [-0.1, -0.05) is 53.5 Å². The van der Waals surface area contributed by atoms with E-state index in [1.165, 1.54) is 0 Å². The number of aromatic nitrogens is 2. The van der Waals surface area contributed by atoms with Crippen molar-refractivity contribution in [2.24, 2.45) is 0 Å². The first-order valence-electron chi connectivity index (χ1n) is 10.8. The lowest BCUT2D eigenvalue weighted by Crippen LogP contribution is -2.26. The highest BCUT2D eigenvalue weighted by molar-refractivity contribution is 6.42. The van der Waals surface area contributed by atoms with Crippen molar-refractivity contribution >= 4 is 40.1 Å². The van der Waals surface area contributed by atoms with Crippen LogP contribution < -0.4 is 10.1 Å². The van der Waals surface area contributed by atoms with E-state index in [2.05, 4.69) is 16.0 Å². The van der Waals surface area contributed by atoms with Gasteiger partial charge in [-0.15, -0.1) is 0 Å². The lowest BCUT2D eigenvalue weighted by atomic mass is 10.1. The number of nitrogens with one attached hydrogen (secondary N) is 1.